The van der Waals surface area contributed by atoms with Gasteiger partial charge in [-0.15, -0.1) is 11.3 Å². The van der Waals surface area contributed by atoms with E-state index in [9.17, 15) is 9.59 Å². The monoisotopic (exact) mass is 380 g/mol. The summed E-state index contributed by atoms with van der Waals surface area (Å²) in [6, 6.07) is 17.3. The molecule has 0 saturated carbocycles. The molecular formula is C20H20N4O2S. The van der Waals surface area contributed by atoms with Gasteiger partial charge in [0.05, 0.1) is 4.88 Å². The number of carbonyl (C=O) groups is 1. The van der Waals surface area contributed by atoms with Gasteiger partial charge in [-0.2, -0.15) is 5.10 Å². The molecule has 1 aromatic carbocycles. The molecule has 1 amide bonds. The smallest absolute Gasteiger partial charge is 0.267 e. The molecule has 0 radical (unpaired) electrons. The maximum Gasteiger partial charge on any atom is 0.267 e. The second kappa shape index (κ2) is 7.75. The molecule has 0 N–H and O–H groups in total. The minimum absolute atomic E-state index is 0.0244. The van der Waals surface area contributed by atoms with E-state index in [-0.39, 0.29) is 18.0 Å². The van der Waals surface area contributed by atoms with E-state index in [2.05, 4.69) is 22.1 Å². The van der Waals surface area contributed by atoms with Crippen LogP contribution in [0.15, 0.2) is 64.8 Å². The summed E-state index contributed by atoms with van der Waals surface area (Å²) in [5.41, 5.74) is 1.63. The summed E-state index contributed by atoms with van der Waals surface area (Å²) in [6.07, 6.45) is 0. The average molecular weight is 380 g/mol. The van der Waals surface area contributed by atoms with Gasteiger partial charge in [-0.05, 0) is 29.6 Å². The quantitative estimate of drug-likeness (QED) is 0.697. The molecule has 27 heavy (non-hydrogen) atoms. The first-order valence-electron chi connectivity index (χ1n) is 8.90. The molecule has 2 aromatic heterocycles. The van der Waals surface area contributed by atoms with Crippen molar-refractivity contribution in [2.24, 2.45) is 0 Å². The van der Waals surface area contributed by atoms with Gasteiger partial charge < -0.3 is 9.80 Å². The lowest BCUT2D eigenvalue weighted by Crippen LogP contribution is -2.50. The number of benzene rings is 1. The minimum Gasteiger partial charge on any atom is -0.368 e. The van der Waals surface area contributed by atoms with E-state index in [0.717, 1.165) is 18.0 Å². The normalized spacial score (nSPS) is 14.4. The topological polar surface area (TPSA) is 58.4 Å². The number of hydrogen-bond acceptors (Lipinski definition) is 5. The third-order valence-electron chi connectivity index (χ3n) is 4.68. The highest BCUT2D eigenvalue weighted by molar-refractivity contribution is 7.13. The van der Waals surface area contributed by atoms with Crippen molar-refractivity contribution in [2.45, 2.75) is 6.54 Å². The second-order valence-corrected chi connectivity index (χ2v) is 7.34. The maximum absolute atomic E-state index is 12.7. The summed E-state index contributed by atoms with van der Waals surface area (Å²) in [6.45, 7) is 2.84. The molecular weight excluding hydrogens is 360 g/mol. The van der Waals surface area contributed by atoms with Crippen LogP contribution in [0.5, 0.6) is 0 Å². The van der Waals surface area contributed by atoms with Crippen LogP contribution in [0, 0.1) is 0 Å². The summed E-state index contributed by atoms with van der Waals surface area (Å²) in [5, 5.41) is 6.33. The van der Waals surface area contributed by atoms with Gasteiger partial charge in [0.2, 0.25) is 5.91 Å². The number of rotatable bonds is 4. The van der Waals surface area contributed by atoms with E-state index in [1.807, 2.05) is 40.6 Å². The number of amides is 1. The largest absolute Gasteiger partial charge is 0.368 e. The Hall–Kier alpha value is -2.93. The second-order valence-electron chi connectivity index (χ2n) is 6.40. The fraction of sp³-hybridized carbons (Fsp3) is 0.250. The molecule has 0 spiro atoms. The predicted molar refractivity (Wildman–Crippen MR) is 107 cm³/mol. The fourth-order valence-corrected chi connectivity index (χ4v) is 3.89. The van der Waals surface area contributed by atoms with Crippen LogP contribution >= 0.6 is 11.3 Å². The van der Waals surface area contributed by atoms with Crippen molar-refractivity contribution >= 4 is 22.9 Å². The number of carbonyl (C=O) groups excluding carboxylic acids is 1. The highest BCUT2D eigenvalue weighted by Gasteiger charge is 2.22. The van der Waals surface area contributed by atoms with Crippen molar-refractivity contribution in [3.63, 3.8) is 0 Å². The Bertz CT molecular complexity index is 961. The van der Waals surface area contributed by atoms with Gasteiger partial charge in [0.25, 0.3) is 5.56 Å². The van der Waals surface area contributed by atoms with Gasteiger partial charge in [-0.1, -0.05) is 24.3 Å². The van der Waals surface area contributed by atoms with E-state index < -0.39 is 0 Å². The molecule has 0 aliphatic carbocycles. The number of para-hydroxylation sites is 1. The van der Waals surface area contributed by atoms with Crippen molar-refractivity contribution in [2.75, 3.05) is 31.1 Å². The lowest BCUT2D eigenvalue weighted by Gasteiger charge is -2.36. The zero-order chi connectivity index (χ0) is 18.6. The molecule has 0 atom stereocenters. The molecule has 3 aromatic rings. The minimum atomic E-state index is -0.258. The molecule has 4 rings (SSSR count). The van der Waals surface area contributed by atoms with Crippen LogP contribution in [0.1, 0.15) is 0 Å². The lowest BCUT2D eigenvalue weighted by molar-refractivity contribution is -0.132. The van der Waals surface area contributed by atoms with Crippen LogP contribution in [0.25, 0.3) is 10.6 Å². The van der Waals surface area contributed by atoms with Crippen molar-refractivity contribution in [3.8, 4) is 10.6 Å². The molecule has 1 aliphatic rings. The van der Waals surface area contributed by atoms with Crippen LogP contribution in [0.3, 0.4) is 0 Å². The first-order chi connectivity index (χ1) is 13.2. The van der Waals surface area contributed by atoms with Crippen LogP contribution < -0.4 is 10.5 Å². The molecule has 1 fully saturated rings. The van der Waals surface area contributed by atoms with Crippen molar-refractivity contribution < 1.29 is 4.79 Å². The summed E-state index contributed by atoms with van der Waals surface area (Å²) in [5.74, 6) is -0.0689. The van der Waals surface area contributed by atoms with E-state index in [4.69, 9.17) is 0 Å². The summed E-state index contributed by atoms with van der Waals surface area (Å²) in [4.78, 5) is 29.9. The summed E-state index contributed by atoms with van der Waals surface area (Å²) >= 11 is 1.56. The third kappa shape index (κ3) is 3.93. The highest BCUT2D eigenvalue weighted by Crippen LogP contribution is 2.21. The highest BCUT2D eigenvalue weighted by atomic mass is 32.1. The first kappa shape index (κ1) is 17.5. The maximum atomic E-state index is 12.7. The summed E-state index contributed by atoms with van der Waals surface area (Å²) < 4.78 is 1.26. The molecule has 7 heteroatoms. The number of nitrogens with zero attached hydrogens (tertiary/aromatic N) is 4. The molecule has 138 valence electrons. The number of piperazine rings is 1. The number of anilines is 1. The van der Waals surface area contributed by atoms with E-state index in [0.29, 0.717) is 18.8 Å². The number of hydrogen-bond donors (Lipinski definition) is 0. The zero-order valence-corrected chi connectivity index (χ0v) is 15.6. The van der Waals surface area contributed by atoms with Gasteiger partial charge >= 0.3 is 0 Å². The molecule has 0 unspecified atom stereocenters. The zero-order valence-electron chi connectivity index (χ0n) is 14.8. The van der Waals surface area contributed by atoms with E-state index in [1.54, 1.807) is 17.4 Å². The lowest BCUT2D eigenvalue weighted by atomic mass is 10.2. The SMILES string of the molecule is O=C(Cn1nc(-c2cccs2)ccc1=O)N1CCN(c2ccccc2)CC1. The Balaban J connectivity index is 1.41. The summed E-state index contributed by atoms with van der Waals surface area (Å²) in [7, 11) is 0. The molecule has 0 bridgehead atoms. The van der Waals surface area contributed by atoms with Gasteiger partial charge in [-0.3, -0.25) is 9.59 Å². The van der Waals surface area contributed by atoms with Gasteiger partial charge in [0.15, 0.2) is 0 Å². The van der Waals surface area contributed by atoms with E-state index in [1.165, 1.54) is 16.4 Å². The van der Waals surface area contributed by atoms with Crippen LogP contribution in [-0.4, -0.2) is 46.8 Å². The van der Waals surface area contributed by atoms with Crippen molar-refractivity contribution in [1.29, 1.82) is 0 Å². The van der Waals surface area contributed by atoms with Crippen LogP contribution in [0.2, 0.25) is 0 Å². The fourth-order valence-electron chi connectivity index (χ4n) is 3.20. The van der Waals surface area contributed by atoms with Gasteiger partial charge in [0.1, 0.15) is 12.2 Å². The van der Waals surface area contributed by atoms with Crippen LogP contribution in [-0.2, 0) is 11.3 Å². The number of thiophene rings is 1. The van der Waals surface area contributed by atoms with E-state index >= 15 is 0 Å². The molecule has 1 aliphatic heterocycles. The van der Waals surface area contributed by atoms with Gasteiger partial charge in [-0.25, -0.2) is 4.68 Å². The number of aromatic nitrogens is 2. The van der Waals surface area contributed by atoms with Gasteiger partial charge in [0, 0.05) is 37.9 Å². The Kier molecular flexibility index (Phi) is 5.02. The predicted octanol–water partition coefficient (Wildman–Crippen LogP) is 2.32. The Morgan fingerprint density at radius 3 is 2.44 bits per heavy atom. The van der Waals surface area contributed by atoms with Crippen LogP contribution in [0.4, 0.5) is 5.69 Å². The molecule has 1 saturated heterocycles. The Morgan fingerprint density at radius 1 is 0.963 bits per heavy atom. The Morgan fingerprint density at radius 2 is 1.74 bits per heavy atom. The average Bonchev–Trinajstić information content (AvgIpc) is 3.25. The Labute approximate surface area is 161 Å². The molecule has 6 nitrogen and oxygen atoms in total. The third-order valence-corrected chi connectivity index (χ3v) is 5.57. The van der Waals surface area contributed by atoms with Crippen molar-refractivity contribution in [3.05, 3.63) is 70.3 Å². The first-order valence-corrected chi connectivity index (χ1v) is 9.78. The molecule has 3 heterocycles. The van der Waals surface area contributed by atoms with Crippen molar-refractivity contribution in [1.82, 2.24) is 14.7 Å². The standard InChI is InChI=1S/C20H20N4O2S/c25-19-9-8-17(18-7-4-14-27-18)21-24(19)15-20(26)23-12-10-22(11-13-23)16-5-2-1-3-6-16/h1-9,14H,10-13,15H2.